The summed E-state index contributed by atoms with van der Waals surface area (Å²) in [5, 5.41) is 0.955. The van der Waals surface area contributed by atoms with Gasteiger partial charge in [-0.2, -0.15) is 0 Å². The van der Waals surface area contributed by atoms with Gasteiger partial charge in [-0.05, 0) is 44.4 Å². The van der Waals surface area contributed by atoms with Crippen LogP contribution in [0.4, 0.5) is 10.1 Å². The molecule has 0 aliphatic carbocycles. The predicted octanol–water partition coefficient (Wildman–Crippen LogP) is 4.76. The zero-order chi connectivity index (χ0) is 17.8. The molecule has 0 saturated heterocycles. The molecule has 2 aromatic rings. The number of nitrogens with zero attached hydrogens (tertiary/aromatic N) is 3. The lowest BCUT2D eigenvalue weighted by Gasteiger charge is -2.09. The Morgan fingerprint density at radius 3 is 2.72 bits per heavy atom. The summed E-state index contributed by atoms with van der Waals surface area (Å²) in [5.74, 6) is 0.679. The van der Waals surface area contributed by atoms with Crippen LogP contribution in [0.5, 0.6) is 0 Å². The van der Waals surface area contributed by atoms with Gasteiger partial charge in [-0.15, -0.1) is 11.8 Å². The van der Waals surface area contributed by atoms with Gasteiger partial charge in [-0.3, -0.25) is 4.99 Å². The van der Waals surface area contributed by atoms with Crippen LogP contribution in [0.3, 0.4) is 0 Å². The minimum absolute atomic E-state index is 0.268. The van der Waals surface area contributed by atoms with Crippen molar-refractivity contribution in [2.75, 3.05) is 32.9 Å². The molecule has 0 atom stereocenters. The fourth-order valence-electron chi connectivity index (χ4n) is 2.50. The third kappa shape index (κ3) is 4.57. The highest BCUT2D eigenvalue weighted by atomic mass is 79.9. The molecule has 6 heteroatoms. The van der Waals surface area contributed by atoms with Crippen LogP contribution in [-0.4, -0.2) is 48.6 Å². The van der Waals surface area contributed by atoms with Crippen molar-refractivity contribution in [1.29, 1.82) is 0 Å². The zero-order valence-electron chi connectivity index (χ0n) is 14.2. The summed E-state index contributed by atoms with van der Waals surface area (Å²) in [4.78, 5) is 11.6. The maximum absolute atomic E-state index is 14.3. The molecule has 2 aromatic carbocycles. The quantitative estimate of drug-likeness (QED) is 0.713. The molecule has 130 valence electrons. The molecule has 0 amide bonds. The first-order valence-corrected chi connectivity index (χ1v) is 9.77. The van der Waals surface area contributed by atoms with E-state index in [0.717, 1.165) is 33.1 Å². The Labute approximate surface area is 160 Å². The third-order valence-electron chi connectivity index (χ3n) is 3.77. The molecule has 25 heavy (non-hydrogen) atoms. The van der Waals surface area contributed by atoms with Gasteiger partial charge < -0.3 is 4.90 Å². The molecule has 0 saturated carbocycles. The molecule has 1 aliphatic rings. The SMILES string of the molecule is CN(C)CCSC1=Nc2ccc(Br)cc2C(c2ccccc2F)=NC1. The normalized spacial score (nSPS) is 14.0. The van der Waals surface area contributed by atoms with E-state index in [-0.39, 0.29) is 5.82 Å². The number of halogens is 2. The number of thioether (sulfide) groups is 1. The van der Waals surface area contributed by atoms with E-state index in [1.165, 1.54) is 6.07 Å². The van der Waals surface area contributed by atoms with E-state index in [1.807, 2.05) is 24.3 Å². The Bertz CT molecular complexity index is 833. The highest BCUT2D eigenvalue weighted by molar-refractivity contribution is 9.10. The van der Waals surface area contributed by atoms with Gasteiger partial charge in [0.2, 0.25) is 0 Å². The number of aliphatic imine (C=N–C) groups is 2. The second-order valence-corrected chi connectivity index (χ2v) is 8.05. The van der Waals surface area contributed by atoms with Crippen LogP contribution >= 0.6 is 27.7 Å². The standard InChI is InChI=1S/C19H19BrFN3S/c1-24(2)9-10-25-18-12-22-19(14-5-3-4-6-16(14)21)15-11-13(20)7-8-17(15)23-18/h3-8,11H,9-10,12H2,1-2H3. The predicted molar refractivity (Wildman–Crippen MR) is 109 cm³/mol. The maximum Gasteiger partial charge on any atom is 0.132 e. The molecule has 3 rings (SSSR count). The van der Waals surface area contributed by atoms with E-state index < -0.39 is 0 Å². The number of fused-ring (bicyclic) bond motifs is 1. The molecule has 0 bridgehead atoms. The molecule has 0 fully saturated rings. The molecule has 0 radical (unpaired) electrons. The largest absolute Gasteiger partial charge is 0.309 e. The second kappa shape index (κ2) is 8.25. The highest BCUT2D eigenvalue weighted by Gasteiger charge is 2.19. The smallest absolute Gasteiger partial charge is 0.132 e. The second-order valence-electron chi connectivity index (χ2n) is 5.96. The fraction of sp³-hybridized carbons (Fsp3) is 0.263. The molecule has 0 aromatic heterocycles. The van der Waals surface area contributed by atoms with Crippen molar-refractivity contribution >= 4 is 44.1 Å². The topological polar surface area (TPSA) is 28.0 Å². The van der Waals surface area contributed by atoms with E-state index in [4.69, 9.17) is 9.98 Å². The molecule has 1 aliphatic heterocycles. The van der Waals surface area contributed by atoms with Crippen molar-refractivity contribution in [2.24, 2.45) is 9.98 Å². The Balaban J connectivity index is 1.99. The van der Waals surface area contributed by atoms with Gasteiger partial charge in [0.25, 0.3) is 0 Å². The van der Waals surface area contributed by atoms with Crippen LogP contribution in [0.2, 0.25) is 0 Å². The maximum atomic E-state index is 14.3. The first-order chi connectivity index (χ1) is 12.0. The van der Waals surface area contributed by atoms with Gasteiger partial charge in [0, 0.05) is 27.9 Å². The van der Waals surface area contributed by atoms with Crippen LogP contribution in [0.25, 0.3) is 0 Å². The lowest BCUT2D eigenvalue weighted by molar-refractivity contribution is 0.437. The van der Waals surface area contributed by atoms with Gasteiger partial charge >= 0.3 is 0 Å². The summed E-state index contributed by atoms with van der Waals surface area (Å²) in [6.45, 7) is 1.44. The summed E-state index contributed by atoms with van der Waals surface area (Å²) < 4.78 is 15.3. The van der Waals surface area contributed by atoms with Gasteiger partial charge in [-0.25, -0.2) is 9.38 Å². The number of hydrogen-bond donors (Lipinski definition) is 0. The summed E-state index contributed by atoms with van der Waals surface area (Å²) >= 11 is 5.20. The first-order valence-electron chi connectivity index (χ1n) is 7.99. The fourth-order valence-corrected chi connectivity index (χ4v) is 3.88. The monoisotopic (exact) mass is 419 g/mol. The molecular weight excluding hydrogens is 401 g/mol. The zero-order valence-corrected chi connectivity index (χ0v) is 16.6. The Morgan fingerprint density at radius 2 is 1.96 bits per heavy atom. The van der Waals surface area contributed by atoms with Crippen molar-refractivity contribution in [3.63, 3.8) is 0 Å². The van der Waals surface area contributed by atoms with Crippen molar-refractivity contribution in [1.82, 2.24) is 4.90 Å². The van der Waals surface area contributed by atoms with Crippen LogP contribution in [0.15, 0.2) is 56.9 Å². The molecular formula is C19H19BrFN3S. The first kappa shape index (κ1) is 18.3. The molecule has 0 spiro atoms. The Hall–Kier alpha value is -1.50. The average molecular weight is 420 g/mol. The van der Waals surface area contributed by atoms with Crippen LogP contribution in [-0.2, 0) is 0 Å². The number of benzene rings is 2. The van der Waals surface area contributed by atoms with E-state index >= 15 is 0 Å². The van der Waals surface area contributed by atoms with Crippen molar-refractivity contribution in [3.05, 3.63) is 63.9 Å². The number of hydrogen-bond acceptors (Lipinski definition) is 4. The van der Waals surface area contributed by atoms with Crippen LogP contribution in [0, 0.1) is 5.82 Å². The third-order valence-corrected chi connectivity index (χ3v) is 5.20. The van der Waals surface area contributed by atoms with Crippen molar-refractivity contribution < 1.29 is 4.39 Å². The van der Waals surface area contributed by atoms with Crippen molar-refractivity contribution in [3.8, 4) is 0 Å². The molecule has 3 nitrogen and oxygen atoms in total. The summed E-state index contributed by atoms with van der Waals surface area (Å²) in [7, 11) is 4.10. The van der Waals surface area contributed by atoms with Gasteiger partial charge in [0.15, 0.2) is 0 Å². The lowest BCUT2D eigenvalue weighted by atomic mass is 10.0. The van der Waals surface area contributed by atoms with Gasteiger partial charge in [0.05, 0.1) is 23.0 Å². The molecule has 1 heterocycles. The van der Waals surface area contributed by atoms with Crippen LogP contribution < -0.4 is 0 Å². The minimum atomic E-state index is -0.268. The van der Waals surface area contributed by atoms with E-state index in [1.54, 1.807) is 23.9 Å². The summed E-state index contributed by atoms with van der Waals surface area (Å²) in [6, 6.07) is 12.6. The van der Waals surface area contributed by atoms with Gasteiger partial charge in [0.1, 0.15) is 5.82 Å². The summed E-state index contributed by atoms with van der Waals surface area (Å²) in [6.07, 6.45) is 0. The Morgan fingerprint density at radius 1 is 1.16 bits per heavy atom. The van der Waals surface area contributed by atoms with Crippen LogP contribution in [0.1, 0.15) is 11.1 Å². The van der Waals surface area contributed by atoms with E-state index in [9.17, 15) is 4.39 Å². The van der Waals surface area contributed by atoms with E-state index in [2.05, 4.69) is 34.9 Å². The van der Waals surface area contributed by atoms with Crippen molar-refractivity contribution in [2.45, 2.75) is 0 Å². The summed E-state index contributed by atoms with van der Waals surface area (Å²) in [5.41, 5.74) is 2.84. The van der Waals surface area contributed by atoms with Gasteiger partial charge in [-0.1, -0.05) is 28.1 Å². The average Bonchev–Trinajstić information content (AvgIpc) is 2.74. The Kier molecular flexibility index (Phi) is 6.04. The highest BCUT2D eigenvalue weighted by Crippen LogP contribution is 2.30. The lowest BCUT2D eigenvalue weighted by Crippen LogP contribution is -2.16. The number of rotatable bonds is 4. The van der Waals surface area contributed by atoms with E-state index in [0.29, 0.717) is 17.8 Å². The molecule has 0 N–H and O–H groups in total. The minimum Gasteiger partial charge on any atom is -0.309 e. The molecule has 0 unspecified atom stereocenters.